The number of carbonyl (C=O) groups excluding carboxylic acids is 1. The smallest absolute Gasteiger partial charge is 0.229 e. The number of aromatic hydroxyl groups is 3. The molecular formula is C21H22O11. The summed E-state index contributed by atoms with van der Waals surface area (Å²) in [5.41, 5.74) is 0.0609. The van der Waals surface area contributed by atoms with Gasteiger partial charge in [-0.05, 0) is 18.2 Å². The Morgan fingerprint density at radius 3 is 2.44 bits per heavy atom. The third-order valence-corrected chi connectivity index (χ3v) is 5.43. The maximum absolute atomic E-state index is 12.6. The Hall–Kier alpha value is -3.09. The number of hydrogen-bond donors (Lipinski definition) is 7. The van der Waals surface area contributed by atoms with Crippen molar-refractivity contribution in [1.29, 1.82) is 0 Å². The molecule has 0 bridgehead atoms. The van der Waals surface area contributed by atoms with E-state index in [0.717, 1.165) is 6.07 Å². The second-order valence-electron chi connectivity index (χ2n) is 7.61. The van der Waals surface area contributed by atoms with Crippen molar-refractivity contribution in [3.05, 3.63) is 41.5 Å². The van der Waals surface area contributed by atoms with Gasteiger partial charge < -0.3 is 50.0 Å². The van der Waals surface area contributed by atoms with E-state index in [2.05, 4.69) is 0 Å². The van der Waals surface area contributed by atoms with Crippen LogP contribution < -0.4 is 9.47 Å². The largest absolute Gasteiger partial charge is 0.508 e. The molecule has 32 heavy (non-hydrogen) atoms. The number of aliphatic hydroxyl groups excluding tert-OH is 4. The van der Waals surface area contributed by atoms with E-state index in [9.17, 15) is 40.5 Å². The molecule has 2 aromatic rings. The van der Waals surface area contributed by atoms with E-state index in [1.54, 1.807) is 0 Å². The first kappa shape index (κ1) is 22.1. The first-order chi connectivity index (χ1) is 15.2. The van der Waals surface area contributed by atoms with Gasteiger partial charge in [0.1, 0.15) is 64.8 Å². The van der Waals surface area contributed by atoms with Crippen molar-refractivity contribution < 1.29 is 54.8 Å². The highest BCUT2D eigenvalue weighted by Gasteiger charge is 2.45. The minimum Gasteiger partial charge on any atom is -0.508 e. The lowest BCUT2D eigenvalue weighted by molar-refractivity contribution is -0.277. The fourth-order valence-corrected chi connectivity index (χ4v) is 3.75. The molecule has 2 heterocycles. The average molecular weight is 450 g/mol. The summed E-state index contributed by atoms with van der Waals surface area (Å²) in [7, 11) is 0. The molecule has 0 radical (unpaired) electrons. The maximum Gasteiger partial charge on any atom is 0.229 e. The normalized spacial score (nSPS) is 29.8. The van der Waals surface area contributed by atoms with Crippen LogP contribution in [0.5, 0.6) is 28.7 Å². The molecule has 2 aromatic carbocycles. The predicted octanol–water partition coefficient (Wildman–Crippen LogP) is -0.311. The van der Waals surface area contributed by atoms with Crippen LogP contribution in [0.15, 0.2) is 30.3 Å². The second-order valence-corrected chi connectivity index (χ2v) is 7.61. The summed E-state index contributed by atoms with van der Waals surface area (Å²) in [5.74, 6) is -1.45. The van der Waals surface area contributed by atoms with Crippen molar-refractivity contribution in [3.8, 4) is 28.7 Å². The molecule has 11 nitrogen and oxygen atoms in total. The zero-order chi connectivity index (χ0) is 23.2. The first-order valence-corrected chi connectivity index (χ1v) is 9.75. The summed E-state index contributed by atoms with van der Waals surface area (Å²) in [5, 5.41) is 69.3. The molecule has 2 aliphatic rings. The molecule has 0 saturated carbocycles. The van der Waals surface area contributed by atoms with Crippen LogP contribution in [0, 0.1) is 0 Å². The van der Waals surface area contributed by atoms with E-state index in [1.165, 1.54) is 24.3 Å². The van der Waals surface area contributed by atoms with Crippen LogP contribution in [0.3, 0.4) is 0 Å². The van der Waals surface area contributed by atoms with Crippen molar-refractivity contribution in [2.24, 2.45) is 0 Å². The molecule has 0 amide bonds. The Bertz CT molecular complexity index is 1020. The number of phenolic OH excluding ortho intramolecular Hbond substituents is 3. The van der Waals surface area contributed by atoms with Crippen molar-refractivity contribution in [1.82, 2.24) is 0 Å². The van der Waals surface area contributed by atoms with Crippen molar-refractivity contribution in [2.75, 3.05) is 6.61 Å². The van der Waals surface area contributed by atoms with Crippen molar-refractivity contribution in [2.45, 2.75) is 43.2 Å². The Balaban J connectivity index is 1.62. The Kier molecular flexibility index (Phi) is 5.84. The third kappa shape index (κ3) is 3.92. The van der Waals surface area contributed by atoms with Gasteiger partial charge in [-0.15, -0.1) is 0 Å². The zero-order valence-electron chi connectivity index (χ0n) is 16.5. The Morgan fingerprint density at radius 1 is 0.969 bits per heavy atom. The molecule has 1 fully saturated rings. The highest BCUT2D eigenvalue weighted by atomic mass is 16.7. The van der Waals surface area contributed by atoms with Gasteiger partial charge in [-0.2, -0.15) is 0 Å². The number of phenols is 3. The van der Waals surface area contributed by atoms with Gasteiger partial charge in [0.25, 0.3) is 0 Å². The number of hydrogen-bond acceptors (Lipinski definition) is 11. The standard InChI is InChI=1S/C21H22O11/c22-7-16-18(27)19(28)20(29)21(32-16)30-9-4-12(25)17-13(26)6-14(31-15(17)5-9)10-3-8(23)1-2-11(10)24/h1-5,14,16,18-25,27-29H,6-7H2/t14-,16-,18-,19+,20-,21-/m1/s1. The molecule has 6 atom stereocenters. The fraction of sp³-hybridized carbons (Fsp3) is 0.381. The number of carbonyl (C=O) groups is 1. The van der Waals surface area contributed by atoms with Gasteiger partial charge in [0.05, 0.1) is 13.0 Å². The monoisotopic (exact) mass is 450 g/mol. The van der Waals surface area contributed by atoms with Crippen LogP contribution in [0.25, 0.3) is 0 Å². The fourth-order valence-electron chi connectivity index (χ4n) is 3.75. The topological polar surface area (TPSA) is 186 Å². The first-order valence-electron chi connectivity index (χ1n) is 9.75. The molecular weight excluding hydrogens is 428 g/mol. The molecule has 11 heteroatoms. The highest BCUT2D eigenvalue weighted by Crippen LogP contribution is 2.44. The maximum atomic E-state index is 12.6. The minimum absolute atomic E-state index is 0.0754. The molecule has 172 valence electrons. The number of benzene rings is 2. The summed E-state index contributed by atoms with van der Waals surface area (Å²) in [4.78, 5) is 12.6. The van der Waals surface area contributed by atoms with E-state index in [0.29, 0.717) is 0 Å². The lowest BCUT2D eigenvalue weighted by Crippen LogP contribution is -2.60. The summed E-state index contributed by atoms with van der Waals surface area (Å²) in [6.07, 6.45) is -8.76. The molecule has 7 N–H and O–H groups in total. The number of Topliss-reactive ketones (excluding diaryl/α,β-unsaturated/α-hetero) is 1. The second kappa shape index (κ2) is 8.45. The predicted molar refractivity (Wildman–Crippen MR) is 105 cm³/mol. The summed E-state index contributed by atoms with van der Waals surface area (Å²) in [6.45, 7) is -0.646. The quantitative estimate of drug-likeness (QED) is 0.303. The number of fused-ring (bicyclic) bond motifs is 1. The molecule has 2 aliphatic heterocycles. The van der Waals surface area contributed by atoms with Crippen LogP contribution in [0.2, 0.25) is 0 Å². The van der Waals surface area contributed by atoms with Gasteiger partial charge in [-0.25, -0.2) is 0 Å². The van der Waals surface area contributed by atoms with Gasteiger partial charge in [-0.1, -0.05) is 0 Å². The van der Waals surface area contributed by atoms with E-state index in [4.69, 9.17) is 14.2 Å². The Labute approximate surface area is 181 Å². The van der Waals surface area contributed by atoms with E-state index in [-0.39, 0.29) is 40.5 Å². The summed E-state index contributed by atoms with van der Waals surface area (Å²) < 4.78 is 16.5. The van der Waals surface area contributed by atoms with Gasteiger partial charge in [0.2, 0.25) is 6.29 Å². The number of rotatable bonds is 4. The van der Waals surface area contributed by atoms with Crippen LogP contribution in [-0.4, -0.2) is 78.8 Å². The lowest BCUT2D eigenvalue weighted by Gasteiger charge is -2.39. The minimum atomic E-state index is -1.68. The van der Waals surface area contributed by atoms with Crippen LogP contribution in [0.1, 0.15) is 28.4 Å². The summed E-state index contributed by atoms with van der Waals surface area (Å²) in [6, 6.07) is 6.13. The van der Waals surface area contributed by atoms with E-state index in [1.807, 2.05) is 0 Å². The average Bonchev–Trinajstić information content (AvgIpc) is 2.75. The molecule has 0 aliphatic carbocycles. The van der Waals surface area contributed by atoms with E-state index >= 15 is 0 Å². The van der Waals surface area contributed by atoms with Gasteiger partial charge >= 0.3 is 0 Å². The molecule has 1 saturated heterocycles. The number of aliphatic hydroxyl groups is 4. The SMILES string of the molecule is O=C1C[C@H](c2cc(O)ccc2O)Oc2cc(O[C@@H]3O[C@H](CO)[C@@H](O)[C@H](O)[C@H]3O)cc(O)c21. The molecule has 0 aromatic heterocycles. The molecule has 0 spiro atoms. The van der Waals surface area contributed by atoms with Crippen LogP contribution in [0.4, 0.5) is 0 Å². The van der Waals surface area contributed by atoms with Crippen LogP contribution >= 0.6 is 0 Å². The lowest BCUT2D eigenvalue weighted by atomic mass is 9.95. The number of ketones is 1. The third-order valence-electron chi connectivity index (χ3n) is 5.43. The van der Waals surface area contributed by atoms with Crippen molar-refractivity contribution >= 4 is 5.78 Å². The van der Waals surface area contributed by atoms with Gasteiger partial charge in [0.15, 0.2) is 5.78 Å². The highest BCUT2D eigenvalue weighted by molar-refractivity contribution is 6.02. The Morgan fingerprint density at radius 2 is 1.72 bits per heavy atom. The van der Waals surface area contributed by atoms with Gasteiger partial charge in [-0.3, -0.25) is 4.79 Å². The van der Waals surface area contributed by atoms with Crippen molar-refractivity contribution in [3.63, 3.8) is 0 Å². The summed E-state index contributed by atoms with van der Waals surface area (Å²) >= 11 is 0. The molecule has 4 rings (SSSR count). The van der Waals surface area contributed by atoms with Crippen LogP contribution in [-0.2, 0) is 4.74 Å². The zero-order valence-corrected chi connectivity index (χ0v) is 16.5. The van der Waals surface area contributed by atoms with E-state index < -0.39 is 54.9 Å². The van der Waals surface area contributed by atoms with Gasteiger partial charge in [0, 0.05) is 17.7 Å². The molecule has 0 unspecified atom stereocenters. The number of ether oxygens (including phenoxy) is 3.